The Morgan fingerprint density at radius 3 is 2.71 bits per heavy atom. The number of hydrogen-bond donors (Lipinski definition) is 1. The first kappa shape index (κ1) is 18.3. The molecule has 1 aliphatic heterocycles. The molecule has 1 aliphatic rings. The van der Waals surface area contributed by atoms with Crippen LogP contribution in [0.4, 0.5) is 0 Å². The molecule has 2 rings (SSSR count). The van der Waals surface area contributed by atoms with E-state index in [0.717, 1.165) is 38.1 Å². The molecule has 1 aromatic rings. The van der Waals surface area contributed by atoms with Gasteiger partial charge in [0.25, 0.3) is 0 Å². The summed E-state index contributed by atoms with van der Waals surface area (Å²) in [5.41, 5.74) is 0. The van der Waals surface area contributed by atoms with Crippen LogP contribution in [0.25, 0.3) is 0 Å². The third kappa shape index (κ3) is 5.84. The van der Waals surface area contributed by atoms with Crippen molar-refractivity contribution >= 4 is 29.9 Å². The van der Waals surface area contributed by atoms with Crippen LogP contribution in [0, 0.1) is 11.8 Å². The minimum absolute atomic E-state index is 0. The zero-order chi connectivity index (χ0) is 14.4. The topological polar surface area (TPSA) is 45.5 Å². The van der Waals surface area contributed by atoms with Crippen molar-refractivity contribution in [1.29, 1.82) is 0 Å². The van der Waals surface area contributed by atoms with E-state index >= 15 is 0 Å². The van der Waals surface area contributed by atoms with E-state index in [2.05, 4.69) is 34.2 Å². The average molecular weight is 405 g/mol. The molecule has 21 heavy (non-hydrogen) atoms. The van der Waals surface area contributed by atoms with Gasteiger partial charge >= 0.3 is 0 Å². The summed E-state index contributed by atoms with van der Waals surface area (Å²) in [4.78, 5) is 6.79. The summed E-state index contributed by atoms with van der Waals surface area (Å²) in [6, 6.07) is 1.97. The molecule has 5 nitrogen and oxygen atoms in total. The number of likely N-dealkylation sites (tertiary alicyclic amines) is 1. The first-order chi connectivity index (χ1) is 9.69. The maximum Gasteiger partial charge on any atom is 0.193 e. The molecule has 1 N–H and O–H groups in total. The molecule has 0 saturated carbocycles. The SMILES string of the molecule is CN=C(NCC(C)Cn1cccn1)N1CCC(C)CC1.I. The number of piperidine rings is 1. The van der Waals surface area contributed by atoms with Gasteiger partial charge in [0.1, 0.15) is 0 Å². The van der Waals surface area contributed by atoms with Crippen LogP contribution < -0.4 is 5.32 Å². The second-order valence-electron chi connectivity index (χ2n) is 5.93. The lowest BCUT2D eigenvalue weighted by Gasteiger charge is -2.33. The molecule has 0 spiro atoms. The zero-order valence-electron chi connectivity index (χ0n) is 13.3. The molecule has 0 aromatic carbocycles. The molecule has 1 atom stereocenters. The van der Waals surface area contributed by atoms with Crippen LogP contribution in [0.1, 0.15) is 26.7 Å². The van der Waals surface area contributed by atoms with Gasteiger partial charge in [0, 0.05) is 45.6 Å². The summed E-state index contributed by atoms with van der Waals surface area (Å²) < 4.78 is 1.98. The van der Waals surface area contributed by atoms with E-state index < -0.39 is 0 Å². The molecular weight excluding hydrogens is 377 g/mol. The molecule has 1 aromatic heterocycles. The van der Waals surface area contributed by atoms with Crippen molar-refractivity contribution in [3.8, 4) is 0 Å². The summed E-state index contributed by atoms with van der Waals surface area (Å²) in [5.74, 6) is 2.42. The van der Waals surface area contributed by atoms with Crippen LogP contribution in [0.5, 0.6) is 0 Å². The van der Waals surface area contributed by atoms with E-state index in [-0.39, 0.29) is 24.0 Å². The number of nitrogens with zero attached hydrogens (tertiary/aromatic N) is 4. The van der Waals surface area contributed by atoms with Crippen molar-refractivity contribution in [2.45, 2.75) is 33.2 Å². The highest BCUT2D eigenvalue weighted by molar-refractivity contribution is 14.0. The first-order valence-corrected chi connectivity index (χ1v) is 7.62. The third-order valence-corrected chi connectivity index (χ3v) is 3.96. The number of rotatable bonds is 4. The van der Waals surface area contributed by atoms with Crippen LogP contribution >= 0.6 is 24.0 Å². The van der Waals surface area contributed by atoms with Gasteiger partial charge in [-0.05, 0) is 30.7 Å². The van der Waals surface area contributed by atoms with E-state index in [1.54, 1.807) is 0 Å². The zero-order valence-corrected chi connectivity index (χ0v) is 15.7. The molecule has 0 radical (unpaired) electrons. The van der Waals surface area contributed by atoms with Gasteiger partial charge in [0.15, 0.2) is 5.96 Å². The van der Waals surface area contributed by atoms with Gasteiger partial charge in [-0.15, -0.1) is 24.0 Å². The van der Waals surface area contributed by atoms with Gasteiger partial charge in [0.05, 0.1) is 0 Å². The number of guanidine groups is 1. The van der Waals surface area contributed by atoms with Gasteiger partial charge in [0.2, 0.25) is 0 Å². The summed E-state index contributed by atoms with van der Waals surface area (Å²) in [6.07, 6.45) is 6.37. The fourth-order valence-electron chi connectivity index (χ4n) is 2.61. The van der Waals surface area contributed by atoms with E-state index in [9.17, 15) is 0 Å². The standard InChI is InChI=1S/C15H27N5.HI/c1-13-5-9-19(10-6-13)15(16-3)17-11-14(2)12-20-8-4-7-18-20;/h4,7-8,13-14H,5-6,9-12H2,1-3H3,(H,16,17);1H. The number of aliphatic imine (C=N–C) groups is 1. The maximum atomic E-state index is 4.41. The Balaban J connectivity index is 0.00000220. The van der Waals surface area contributed by atoms with Crippen LogP contribution in [0.2, 0.25) is 0 Å². The highest BCUT2D eigenvalue weighted by Crippen LogP contribution is 2.15. The predicted octanol–water partition coefficient (Wildman–Crippen LogP) is 2.44. The summed E-state index contributed by atoms with van der Waals surface area (Å²) in [7, 11) is 1.87. The predicted molar refractivity (Wildman–Crippen MR) is 98.1 cm³/mol. The summed E-state index contributed by atoms with van der Waals surface area (Å²) >= 11 is 0. The number of hydrogen-bond acceptors (Lipinski definition) is 2. The van der Waals surface area contributed by atoms with Crippen LogP contribution in [-0.4, -0.2) is 47.3 Å². The van der Waals surface area contributed by atoms with Crippen molar-refractivity contribution in [2.75, 3.05) is 26.7 Å². The lowest BCUT2D eigenvalue weighted by molar-refractivity contribution is 0.271. The molecule has 2 heterocycles. The van der Waals surface area contributed by atoms with Gasteiger partial charge < -0.3 is 10.2 Å². The lowest BCUT2D eigenvalue weighted by Crippen LogP contribution is -2.46. The number of halogens is 1. The van der Waals surface area contributed by atoms with Crippen LogP contribution in [0.15, 0.2) is 23.5 Å². The second-order valence-corrected chi connectivity index (χ2v) is 5.93. The Morgan fingerprint density at radius 1 is 1.43 bits per heavy atom. The number of nitrogens with one attached hydrogen (secondary N) is 1. The van der Waals surface area contributed by atoms with E-state index in [1.165, 1.54) is 12.8 Å². The third-order valence-electron chi connectivity index (χ3n) is 3.96. The van der Waals surface area contributed by atoms with E-state index in [0.29, 0.717) is 5.92 Å². The Kier molecular flexibility index (Phi) is 8.06. The van der Waals surface area contributed by atoms with Gasteiger partial charge in [-0.1, -0.05) is 13.8 Å². The van der Waals surface area contributed by atoms with E-state index in [4.69, 9.17) is 0 Å². The molecule has 120 valence electrons. The normalized spacial score (nSPS) is 18.2. The first-order valence-electron chi connectivity index (χ1n) is 7.62. The molecule has 0 aliphatic carbocycles. The second kappa shape index (κ2) is 9.27. The quantitative estimate of drug-likeness (QED) is 0.476. The van der Waals surface area contributed by atoms with Gasteiger partial charge in [-0.2, -0.15) is 5.10 Å². The van der Waals surface area contributed by atoms with Gasteiger partial charge in [-0.25, -0.2) is 0 Å². The molecule has 6 heteroatoms. The summed E-state index contributed by atoms with van der Waals surface area (Å²) in [6.45, 7) is 8.68. The van der Waals surface area contributed by atoms with Crippen molar-refractivity contribution in [3.63, 3.8) is 0 Å². The highest BCUT2D eigenvalue weighted by atomic mass is 127. The van der Waals surface area contributed by atoms with Crippen molar-refractivity contribution in [2.24, 2.45) is 16.8 Å². The minimum Gasteiger partial charge on any atom is -0.356 e. The Bertz CT molecular complexity index is 410. The molecule has 1 saturated heterocycles. The van der Waals surface area contributed by atoms with Crippen LogP contribution in [0.3, 0.4) is 0 Å². The molecule has 1 fully saturated rings. The van der Waals surface area contributed by atoms with Crippen LogP contribution in [-0.2, 0) is 6.54 Å². The Morgan fingerprint density at radius 2 is 2.14 bits per heavy atom. The minimum atomic E-state index is 0. The van der Waals surface area contributed by atoms with Crippen molar-refractivity contribution in [3.05, 3.63) is 18.5 Å². The lowest BCUT2D eigenvalue weighted by atomic mass is 9.99. The summed E-state index contributed by atoms with van der Waals surface area (Å²) in [5, 5.41) is 7.75. The fourth-order valence-corrected chi connectivity index (χ4v) is 2.61. The Hall–Kier alpha value is -0.790. The van der Waals surface area contributed by atoms with Crippen molar-refractivity contribution in [1.82, 2.24) is 20.0 Å². The molecule has 1 unspecified atom stereocenters. The van der Waals surface area contributed by atoms with Gasteiger partial charge in [-0.3, -0.25) is 9.67 Å². The Labute approximate surface area is 145 Å². The van der Waals surface area contributed by atoms with E-state index in [1.807, 2.05) is 30.2 Å². The highest BCUT2D eigenvalue weighted by Gasteiger charge is 2.18. The largest absolute Gasteiger partial charge is 0.356 e. The monoisotopic (exact) mass is 405 g/mol. The average Bonchev–Trinajstić information content (AvgIpc) is 2.94. The molecular formula is C15H28IN5. The smallest absolute Gasteiger partial charge is 0.193 e. The number of aromatic nitrogens is 2. The maximum absolute atomic E-state index is 4.41. The molecule has 0 amide bonds. The molecule has 0 bridgehead atoms. The fraction of sp³-hybridized carbons (Fsp3) is 0.733. The van der Waals surface area contributed by atoms with Crippen molar-refractivity contribution < 1.29 is 0 Å².